The molecule has 1 N–H and O–H groups in total. The first kappa shape index (κ1) is 13.8. The minimum Gasteiger partial charge on any atom is -0.320 e. The van der Waals surface area contributed by atoms with Crippen LogP contribution in [0.1, 0.15) is 17.4 Å². The number of amides is 1. The number of nitrogens with zero attached hydrogens (tertiary/aromatic N) is 2. The van der Waals surface area contributed by atoms with E-state index >= 15 is 0 Å². The maximum atomic E-state index is 12.0. The average molecular weight is 294 g/mol. The fourth-order valence-electron chi connectivity index (χ4n) is 1.47. The van der Waals surface area contributed by atoms with Crippen molar-refractivity contribution in [2.24, 2.45) is 0 Å². The van der Waals surface area contributed by atoms with E-state index in [1.54, 1.807) is 11.8 Å². The van der Waals surface area contributed by atoms with Gasteiger partial charge in [0.05, 0.1) is 18.1 Å². The summed E-state index contributed by atoms with van der Waals surface area (Å²) in [7, 11) is 0. The number of rotatable bonds is 4. The van der Waals surface area contributed by atoms with E-state index in [-0.39, 0.29) is 16.8 Å². The Labute approximate surface area is 120 Å². The van der Waals surface area contributed by atoms with Gasteiger partial charge < -0.3 is 5.32 Å². The number of anilines is 1. The molecule has 0 saturated heterocycles. The minimum atomic E-state index is -0.298. The highest BCUT2D eigenvalue weighted by atomic mass is 35.5. The summed E-state index contributed by atoms with van der Waals surface area (Å²) in [5.41, 5.74) is 1.01. The third-order valence-electron chi connectivity index (χ3n) is 2.29. The highest BCUT2D eigenvalue weighted by molar-refractivity contribution is 7.99. The van der Waals surface area contributed by atoms with E-state index in [0.717, 1.165) is 16.3 Å². The summed E-state index contributed by atoms with van der Waals surface area (Å²) in [5, 5.41) is 3.09. The van der Waals surface area contributed by atoms with Crippen LogP contribution in [0.3, 0.4) is 0 Å². The minimum absolute atomic E-state index is 0.237. The molecule has 2 aromatic rings. The number of halogens is 1. The van der Waals surface area contributed by atoms with Gasteiger partial charge in [-0.05, 0) is 17.9 Å². The number of carbonyl (C=O) groups excluding carboxylic acids is 1. The summed E-state index contributed by atoms with van der Waals surface area (Å²) < 4.78 is 0. The number of hydrogen-bond acceptors (Lipinski definition) is 4. The van der Waals surface area contributed by atoms with Crippen molar-refractivity contribution in [1.29, 1.82) is 0 Å². The van der Waals surface area contributed by atoms with E-state index < -0.39 is 0 Å². The number of hydrogen-bond donors (Lipinski definition) is 1. The Kier molecular flexibility index (Phi) is 4.76. The molecule has 0 radical (unpaired) electrons. The summed E-state index contributed by atoms with van der Waals surface area (Å²) in [5.74, 6) is 0.640. The molecule has 0 saturated carbocycles. The van der Waals surface area contributed by atoms with Crippen molar-refractivity contribution < 1.29 is 4.79 Å². The smallest absolute Gasteiger partial charge is 0.275 e. The molecule has 0 bridgehead atoms. The number of nitrogens with one attached hydrogen (secondary N) is 1. The lowest BCUT2D eigenvalue weighted by molar-refractivity contribution is 0.102. The summed E-state index contributed by atoms with van der Waals surface area (Å²) in [6, 6.07) is 7.65. The predicted molar refractivity (Wildman–Crippen MR) is 77.8 cm³/mol. The van der Waals surface area contributed by atoms with Gasteiger partial charge >= 0.3 is 0 Å². The number of para-hydroxylation sites is 1. The highest BCUT2D eigenvalue weighted by Gasteiger charge is 2.10. The zero-order chi connectivity index (χ0) is 13.7. The Balaban J connectivity index is 2.16. The van der Waals surface area contributed by atoms with E-state index in [1.807, 2.05) is 24.3 Å². The van der Waals surface area contributed by atoms with Crippen LogP contribution in [0.15, 0.2) is 41.6 Å². The molecule has 0 fully saturated rings. The maximum absolute atomic E-state index is 12.0. The van der Waals surface area contributed by atoms with Gasteiger partial charge in [-0.15, -0.1) is 11.8 Å². The van der Waals surface area contributed by atoms with Crippen LogP contribution in [0.25, 0.3) is 0 Å². The van der Waals surface area contributed by atoms with Gasteiger partial charge in [-0.25, -0.2) is 9.97 Å². The Bertz CT molecular complexity index is 574. The van der Waals surface area contributed by atoms with E-state index in [0.29, 0.717) is 0 Å². The van der Waals surface area contributed by atoms with Crippen molar-refractivity contribution in [3.8, 4) is 0 Å². The van der Waals surface area contributed by atoms with E-state index in [9.17, 15) is 4.79 Å². The predicted octanol–water partition coefficient (Wildman–Crippen LogP) is 3.49. The fraction of sp³-hybridized carbons (Fsp3) is 0.154. The van der Waals surface area contributed by atoms with E-state index in [4.69, 9.17) is 11.6 Å². The number of benzene rings is 1. The summed E-state index contributed by atoms with van der Waals surface area (Å²) in [6.07, 6.45) is 2.70. The number of carbonyl (C=O) groups is 1. The first-order chi connectivity index (χ1) is 9.20. The molecule has 2 rings (SSSR count). The fourth-order valence-corrected chi connectivity index (χ4v) is 2.33. The zero-order valence-electron chi connectivity index (χ0n) is 10.3. The van der Waals surface area contributed by atoms with Crippen LogP contribution in [0, 0.1) is 0 Å². The SMILES string of the molecule is CCSc1ccccc1NC(=O)c1cnc(Cl)cn1. The Morgan fingerprint density at radius 2 is 2.11 bits per heavy atom. The first-order valence-corrected chi connectivity index (χ1v) is 7.07. The Morgan fingerprint density at radius 3 is 2.79 bits per heavy atom. The maximum Gasteiger partial charge on any atom is 0.275 e. The van der Waals surface area contributed by atoms with E-state index in [1.165, 1.54) is 12.4 Å². The second-order valence-electron chi connectivity index (χ2n) is 3.61. The van der Waals surface area contributed by atoms with Gasteiger partial charge in [0.25, 0.3) is 5.91 Å². The van der Waals surface area contributed by atoms with Gasteiger partial charge in [0, 0.05) is 4.90 Å². The molecule has 0 aliphatic heterocycles. The van der Waals surface area contributed by atoms with Gasteiger partial charge in [0.15, 0.2) is 0 Å². The van der Waals surface area contributed by atoms with Crippen molar-refractivity contribution >= 4 is 35.0 Å². The molecule has 19 heavy (non-hydrogen) atoms. The Hall–Kier alpha value is -1.59. The average Bonchev–Trinajstić information content (AvgIpc) is 2.42. The summed E-state index contributed by atoms with van der Waals surface area (Å²) in [4.78, 5) is 20.8. The standard InChI is InChI=1S/C13H12ClN3OS/c1-2-19-11-6-4-3-5-9(11)17-13(18)10-7-16-12(14)8-15-10/h3-8H,2H2,1H3,(H,17,18). The van der Waals surface area contributed by atoms with Crippen LogP contribution >= 0.6 is 23.4 Å². The normalized spacial score (nSPS) is 10.2. The molecular weight excluding hydrogens is 282 g/mol. The molecule has 0 atom stereocenters. The lowest BCUT2D eigenvalue weighted by atomic mass is 10.3. The molecule has 1 amide bonds. The number of aromatic nitrogens is 2. The van der Waals surface area contributed by atoms with Crippen LogP contribution < -0.4 is 5.32 Å². The molecule has 1 aromatic carbocycles. The quantitative estimate of drug-likeness (QED) is 0.877. The third kappa shape index (κ3) is 3.68. The molecule has 6 heteroatoms. The molecule has 1 heterocycles. The largest absolute Gasteiger partial charge is 0.320 e. The molecule has 1 aromatic heterocycles. The molecule has 0 spiro atoms. The number of thioether (sulfide) groups is 1. The van der Waals surface area contributed by atoms with Crippen molar-refractivity contribution in [2.45, 2.75) is 11.8 Å². The highest BCUT2D eigenvalue weighted by Crippen LogP contribution is 2.26. The van der Waals surface area contributed by atoms with E-state index in [2.05, 4.69) is 22.2 Å². The lowest BCUT2D eigenvalue weighted by Gasteiger charge is -2.09. The van der Waals surface area contributed by atoms with Gasteiger partial charge in [-0.1, -0.05) is 30.7 Å². The molecule has 0 unspecified atom stereocenters. The van der Waals surface area contributed by atoms with Crippen LogP contribution in [-0.2, 0) is 0 Å². The third-order valence-corrected chi connectivity index (χ3v) is 3.44. The van der Waals surface area contributed by atoms with Gasteiger partial charge in [0.1, 0.15) is 10.8 Å². The van der Waals surface area contributed by atoms with Crippen molar-refractivity contribution in [3.05, 3.63) is 47.5 Å². The molecule has 4 nitrogen and oxygen atoms in total. The van der Waals surface area contributed by atoms with Crippen LogP contribution in [-0.4, -0.2) is 21.6 Å². The molecule has 98 valence electrons. The van der Waals surface area contributed by atoms with Gasteiger partial charge in [-0.2, -0.15) is 0 Å². The summed E-state index contributed by atoms with van der Waals surface area (Å²) in [6.45, 7) is 2.06. The molecule has 0 aliphatic rings. The lowest BCUT2D eigenvalue weighted by Crippen LogP contribution is -2.14. The first-order valence-electron chi connectivity index (χ1n) is 5.71. The van der Waals surface area contributed by atoms with Gasteiger partial charge in [0.2, 0.25) is 0 Å². The van der Waals surface area contributed by atoms with Crippen molar-refractivity contribution in [2.75, 3.05) is 11.1 Å². The monoisotopic (exact) mass is 293 g/mol. The Morgan fingerprint density at radius 1 is 1.32 bits per heavy atom. The second-order valence-corrected chi connectivity index (χ2v) is 5.30. The molecular formula is C13H12ClN3OS. The summed E-state index contributed by atoms with van der Waals surface area (Å²) >= 11 is 7.30. The zero-order valence-corrected chi connectivity index (χ0v) is 11.8. The second kappa shape index (κ2) is 6.54. The van der Waals surface area contributed by atoms with Crippen LogP contribution in [0.2, 0.25) is 5.15 Å². The topological polar surface area (TPSA) is 54.9 Å². The molecule has 0 aliphatic carbocycles. The van der Waals surface area contributed by atoms with Crippen molar-refractivity contribution in [3.63, 3.8) is 0 Å². The van der Waals surface area contributed by atoms with Crippen molar-refractivity contribution in [1.82, 2.24) is 9.97 Å². The van der Waals surface area contributed by atoms with Crippen LogP contribution in [0.4, 0.5) is 5.69 Å². The van der Waals surface area contributed by atoms with Gasteiger partial charge in [-0.3, -0.25) is 4.79 Å². The van der Waals surface area contributed by atoms with Crippen LogP contribution in [0.5, 0.6) is 0 Å².